The Morgan fingerprint density at radius 1 is 1.21 bits per heavy atom. The van der Waals surface area contributed by atoms with E-state index in [-0.39, 0.29) is 0 Å². The van der Waals surface area contributed by atoms with E-state index in [0.29, 0.717) is 5.65 Å². The average molecular weight is 205 g/mol. The topological polar surface area (TPSA) is 67.3 Å². The van der Waals surface area contributed by atoms with Gasteiger partial charge < -0.3 is 4.98 Å². The predicted molar refractivity (Wildman–Crippen MR) is 53.8 cm³/mol. The van der Waals surface area contributed by atoms with Crippen LogP contribution in [0.5, 0.6) is 0 Å². The van der Waals surface area contributed by atoms with Gasteiger partial charge in [-0.1, -0.05) is 0 Å². The number of aromatic nitrogens is 5. The van der Waals surface area contributed by atoms with Crippen molar-refractivity contribution >= 4 is 22.5 Å². The summed E-state index contributed by atoms with van der Waals surface area (Å²) in [5.41, 5.74) is 3.38. The van der Waals surface area contributed by atoms with E-state index >= 15 is 0 Å². The molecule has 0 bridgehead atoms. The highest BCUT2D eigenvalue weighted by atomic mass is 32.1. The van der Waals surface area contributed by atoms with Crippen molar-refractivity contribution in [1.29, 1.82) is 0 Å². The summed E-state index contributed by atoms with van der Waals surface area (Å²) >= 11 is 1.60. The Hall–Kier alpha value is -1.82. The van der Waals surface area contributed by atoms with Crippen LogP contribution in [-0.4, -0.2) is 24.9 Å². The van der Waals surface area contributed by atoms with Crippen molar-refractivity contribution in [2.75, 3.05) is 0 Å². The van der Waals surface area contributed by atoms with Gasteiger partial charge in [0.2, 0.25) is 0 Å². The highest BCUT2D eigenvalue weighted by molar-refractivity contribution is 7.07. The average Bonchev–Trinajstić information content (AvgIpc) is 2.92. The summed E-state index contributed by atoms with van der Waals surface area (Å²) in [6.07, 6.45) is 6.53. The lowest BCUT2D eigenvalue weighted by atomic mass is 10.6. The van der Waals surface area contributed by atoms with Gasteiger partial charge in [-0.2, -0.15) is 0 Å². The van der Waals surface area contributed by atoms with Crippen LogP contribution in [0, 0.1) is 0 Å². The molecular weight excluding hydrogens is 198 g/mol. The highest BCUT2D eigenvalue weighted by Gasteiger charge is 1.91. The number of thiazole rings is 1. The Bertz CT molecular complexity index is 428. The summed E-state index contributed by atoms with van der Waals surface area (Å²) < 4.78 is 0. The van der Waals surface area contributed by atoms with E-state index in [4.69, 9.17) is 0 Å². The van der Waals surface area contributed by atoms with E-state index in [1.54, 1.807) is 35.6 Å². The van der Waals surface area contributed by atoms with Crippen LogP contribution in [0.4, 0.5) is 0 Å². The van der Waals surface area contributed by atoms with Crippen LogP contribution < -0.4 is 0 Å². The molecule has 0 spiro atoms. The minimum absolute atomic E-state index is 0.713. The predicted octanol–water partition coefficient (Wildman–Crippen LogP) is 1.50. The molecule has 0 radical (unpaired) electrons. The second-order valence-corrected chi connectivity index (χ2v) is 3.09. The van der Waals surface area contributed by atoms with Gasteiger partial charge in [0.1, 0.15) is 11.8 Å². The van der Waals surface area contributed by atoms with Crippen molar-refractivity contribution in [3.8, 4) is 0 Å². The van der Waals surface area contributed by atoms with E-state index in [2.05, 4.69) is 24.9 Å². The zero-order valence-electron chi connectivity index (χ0n) is 7.16. The van der Waals surface area contributed by atoms with Crippen LogP contribution in [0.2, 0.25) is 0 Å². The second-order valence-electron chi connectivity index (χ2n) is 2.34. The Morgan fingerprint density at radius 2 is 2.21 bits per heavy atom. The Balaban J connectivity index is 0.000000128. The molecule has 0 saturated heterocycles. The van der Waals surface area contributed by atoms with Crippen molar-refractivity contribution < 1.29 is 0 Å². The molecular formula is C8H7N5S. The third kappa shape index (κ3) is 2.11. The minimum Gasteiger partial charge on any atom is -0.342 e. The van der Waals surface area contributed by atoms with E-state index in [1.807, 2.05) is 5.38 Å². The molecule has 3 aromatic rings. The molecule has 0 aliphatic carbocycles. The molecule has 0 atom stereocenters. The molecule has 1 N–H and O–H groups in total. The summed E-state index contributed by atoms with van der Waals surface area (Å²) in [7, 11) is 0. The molecule has 5 nitrogen and oxygen atoms in total. The number of aromatic amines is 1. The normalized spacial score (nSPS) is 9.43. The Labute approximate surface area is 83.9 Å². The fourth-order valence-electron chi connectivity index (χ4n) is 0.867. The number of hydrogen-bond acceptors (Lipinski definition) is 5. The molecule has 0 unspecified atom stereocenters. The maximum Gasteiger partial charge on any atom is 0.180 e. The van der Waals surface area contributed by atoms with E-state index in [1.165, 1.54) is 6.33 Å². The van der Waals surface area contributed by atoms with Crippen LogP contribution in [0.15, 0.2) is 35.9 Å². The van der Waals surface area contributed by atoms with Gasteiger partial charge in [0.15, 0.2) is 5.65 Å². The molecule has 3 aromatic heterocycles. The van der Waals surface area contributed by atoms with Gasteiger partial charge in [-0.15, -0.1) is 11.3 Å². The lowest BCUT2D eigenvalue weighted by molar-refractivity contribution is 1.20. The van der Waals surface area contributed by atoms with Crippen LogP contribution in [0.3, 0.4) is 0 Å². The maximum atomic E-state index is 3.91. The van der Waals surface area contributed by atoms with Crippen LogP contribution in [0.1, 0.15) is 0 Å². The van der Waals surface area contributed by atoms with Crippen molar-refractivity contribution in [2.24, 2.45) is 0 Å². The Morgan fingerprint density at radius 3 is 2.86 bits per heavy atom. The minimum atomic E-state index is 0.713. The second kappa shape index (κ2) is 4.43. The first-order valence-corrected chi connectivity index (χ1v) is 4.82. The van der Waals surface area contributed by atoms with Crippen molar-refractivity contribution in [1.82, 2.24) is 24.9 Å². The zero-order chi connectivity index (χ0) is 9.64. The molecule has 14 heavy (non-hydrogen) atoms. The molecule has 0 fully saturated rings. The lowest BCUT2D eigenvalue weighted by Gasteiger charge is -1.80. The number of nitrogens with one attached hydrogen (secondary N) is 1. The third-order valence-corrected chi connectivity index (χ3v) is 1.97. The number of nitrogens with zero attached hydrogens (tertiary/aromatic N) is 4. The van der Waals surface area contributed by atoms with Crippen molar-refractivity contribution in [2.45, 2.75) is 0 Å². The zero-order valence-corrected chi connectivity index (χ0v) is 7.98. The fourth-order valence-corrected chi connectivity index (χ4v) is 1.22. The standard InChI is InChI=1S/C5H4N4.C3H3NS/c1-4-5(8-2-6-1)9-3-7-4;1-2-5-3-4-1/h1-3H,(H,6,7,8,9);1-3H. The molecule has 0 aliphatic heterocycles. The summed E-state index contributed by atoms with van der Waals surface area (Å²) in [5.74, 6) is 0. The van der Waals surface area contributed by atoms with Gasteiger partial charge in [0.25, 0.3) is 0 Å². The van der Waals surface area contributed by atoms with Crippen molar-refractivity contribution in [3.05, 3.63) is 35.9 Å². The first-order chi connectivity index (χ1) is 6.97. The molecule has 0 saturated carbocycles. The van der Waals surface area contributed by atoms with Crippen LogP contribution in [-0.2, 0) is 0 Å². The molecule has 0 amide bonds. The monoisotopic (exact) mass is 205 g/mol. The van der Waals surface area contributed by atoms with Crippen LogP contribution in [0.25, 0.3) is 11.2 Å². The van der Waals surface area contributed by atoms with Gasteiger partial charge in [-0.05, 0) is 0 Å². The highest BCUT2D eigenvalue weighted by Crippen LogP contribution is 1.99. The van der Waals surface area contributed by atoms with E-state index in [0.717, 1.165) is 5.52 Å². The van der Waals surface area contributed by atoms with Gasteiger partial charge in [-0.25, -0.2) is 15.0 Å². The largest absolute Gasteiger partial charge is 0.342 e. The quantitative estimate of drug-likeness (QED) is 0.603. The number of hydrogen-bond donors (Lipinski definition) is 1. The van der Waals surface area contributed by atoms with Gasteiger partial charge in [-0.3, -0.25) is 4.98 Å². The lowest BCUT2D eigenvalue weighted by Crippen LogP contribution is -1.76. The fraction of sp³-hybridized carbons (Fsp3) is 0. The SMILES string of the molecule is c1cscn1.c1ncc2[nH]cnc2n1. The number of H-pyrrole nitrogens is 1. The molecule has 3 rings (SSSR count). The third-order valence-electron chi connectivity index (χ3n) is 1.45. The van der Waals surface area contributed by atoms with Crippen LogP contribution >= 0.6 is 11.3 Å². The summed E-state index contributed by atoms with van der Waals surface area (Å²) in [5, 5.41) is 1.93. The van der Waals surface area contributed by atoms with Gasteiger partial charge >= 0.3 is 0 Å². The molecule has 6 heteroatoms. The van der Waals surface area contributed by atoms with Gasteiger partial charge in [0, 0.05) is 11.6 Å². The van der Waals surface area contributed by atoms with E-state index in [9.17, 15) is 0 Å². The van der Waals surface area contributed by atoms with Gasteiger partial charge in [0.05, 0.1) is 18.0 Å². The summed E-state index contributed by atoms with van der Waals surface area (Å²) in [4.78, 5) is 18.2. The first kappa shape index (κ1) is 8.76. The number of fused-ring (bicyclic) bond motifs is 1. The molecule has 70 valence electrons. The smallest absolute Gasteiger partial charge is 0.180 e. The number of imidazole rings is 1. The first-order valence-electron chi connectivity index (χ1n) is 3.88. The summed E-state index contributed by atoms with van der Waals surface area (Å²) in [6, 6.07) is 0. The molecule has 3 heterocycles. The number of rotatable bonds is 0. The molecule has 0 aliphatic rings. The Kier molecular flexibility index (Phi) is 2.77. The van der Waals surface area contributed by atoms with E-state index < -0.39 is 0 Å². The maximum absolute atomic E-state index is 3.91. The molecule has 0 aromatic carbocycles. The van der Waals surface area contributed by atoms with Crippen molar-refractivity contribution in [3.63, 3.8) is 0 Å². The summed E-state index contributed by atoms with van der Waals surface area (Å²) in [6.45, 7) is 0.